The standard InChI is InChI=1S/C15H20BrN5O2/c1-23-7-6-19-4-5-21-13(10-19)8-14(18-21)17-11-20-9-12(16)2-3-15(20)22/h2-3,8-9H,4-7,10-11H2,1H3,(H,17,18). The second-order valence-corrected chi connectivity index (χ2v) is 6.42. The Morgan fingerprint density at radius 3 is 3.09 bits per heavy atom. The van der Waals surface area contributed by atoms with E-state index in [0.29, 0.717) is 6.67 Å². The lowest BCUT2D eigenvalue weighted by atomic mass is 10.3. The van der Waals surface area contributed by atoms with Crippen LogP contribution in [-0.2, 0) is 24.5 Å². The fraction of sp³-hybridized carbons (Fsp3) is 0.467. The van der Waals surface area contributed by atoms with Gasteiger partial charge in [-0.05, 0) is 22.0 Å². The predicted octanol–water partition coefficient (Wildman–Crippen LogP) is 1.34. The summed E-state index contributed by atoms with van der Waals surface area (Å²) in [6, 6.07) is 5.32. The Morgan fingerprint density at radius 2 is 2.26 bits per heavy atom. The lowest BCUT2D eigenvalue weighted by Gasteiger charge is -2.26. The molecule has 0 spiro atoms. The van der Waals surface area contributed by atoms with Crippen LogP contribution in [0, 0.1) is 0 Å². The zero-order chi connectivity index (χ0) is 16.2. The zero-order valence-electron chi connectivity index (χ0n) is 13.0. The van der Waals surface area contributed by atoms with Crippen LogP contribution in [0.2, 0.25) is 0 Å². The first-order valence-electron chi connectivity index (χ1n) is 7.53. The maximum atomic E-state index is 11.8. The normalized spacial score (nSPS) is 14.7. The van der Waals surface area contributed by atoms with Gasteiger partial charge in [-0.2, -0.15) is 5.10 Å². The van der Waals surface area contributed by atoms with Gasteiger partial charge in [0.2, 0.25) is 0 Å². The summed E-state index contributed by atoms with van der Waals surface area (Å²) in [4.78, 5) is 14.1. The van der Waals surface area contributed by atoms with Gasteiger partial charge in [0.25, 0.3) is 5.56 Å². The molecular weight excluding hydrogens is 362 g/mol. The lowest BCUT2D eigenvalue weighted by Crippen LogP contribution is -2.35. The van der Waals surface area contributed by atoms with E-state index in [-0.39, 0.29) is 5.56 Å². The number of anilines is 1. The monoisotopic (exact) mass is 381 g/mol. The summed E-state index contributed by atoms with van der Waals surface area (Å²) in [5.41, 5.74) is 1.13. The molecule has 3 heterocycles. The van der Waals surface area contributed by atoms with E-state index in [2.05, 4.69) is 31.2 Å². The van der Waals surface area contributed by atoms with Crippen molar-refractivity contribution in [3.8, 4) is 0 Å². The molecule has 2 aromatic heterocycles. The molecular formula is C15H20BrN5O2. The van der Waals surface area contributed by atoms with Crippen molar-refractivity contribution in [1.82, 2.24) is 19.2 Å². The molecule has 0 radical (unpaired) electrons. The first-order chi connectivity index (χ1) is 11.2. The third-order valence-electron chi connectivity index (χ3n) is 3.87. The number of methoxy groups -OCH3 is 1. The van der Waals surface area contributed by atoms with Gasteiger partial charge in [-0.25, -0.2) is 0 Å². The summed E-state index contributed by atoms with van der Waals surface area (Å²) in [6.45, 7) is 4.78. The predicted molar refractivity (Wildman–Crippen MR) is 91.4 cm³/mol. The minimum Gasteiger partial charge on any atom is -0.383 e. The van der Waals surface area contributed by atoms with Crippen LogP contribution in [0.25, 0.3) is 0 Å². The van der Waals surface area contributed by atoms with Crippen molar-refractivity contribution in [3.05, 3.63) is 44.9 Å². The fourth-order valence-corrected chi connectivity index (χ4v) is 2.99. The third-order valence-corrected chi connectivity index (χ3v) is 4.34. The number of nitrogens with zero attached hydrogens (tertiary/aromatic N) is 4. The van der Waals surface area contributed by atoms with Crippen molar-refractivity contribution >= 4 is 21.7 Å². The number of nitrogens with one attached hydrogen (secondary N) is 1. The largest absolute Gasteiger partial charge is 0.383 e. The van der Waals surface area contributed by atoms with Crippen LogP contribution in [0.4, 0.5) is 5.82 Å². The minimum absolute atomic E-state index is 0.0459. The highest BCUT2D eigenvalue weighted by atomic mass is 79.9. The molecule has 0 amide bonds. The number of hydrogen-bond donors (Lipinski definition) is 1. The first kappa shape index (κ1) is 16.2. The van der Waals surface area contributed by atoms with Crippen molar-refractivity contribution in [2.24, 2.45) is 0 Å². The van der Waals surface area contributed by atoms with Gasteiger partial charge in [0, 0.05) is 49.5 Å². The molecule has 0 unspecified atom stereocenters. The van der Waals surface area contributed by atoms with Crippen LogP contribution in [0.5, 0.6) is 0 Å². The molecule has 0 saturated carbocycles. The lowest BCUT2D eigenvalue weighted by molar-refractivity contribution is 0.129. The number of ether oxygens (including phenoxy) is 1. The number of halogens is 1. The first-order valence-corrected chi connectivity index (χ1v) is 8.33. The van der Waals surface area contributed by atoms with Crippen molar-refractivity contribution in [2.45, 2.75) is 19.8 Å². The highest BCUT2D eigenvalue weighted by molar-refractivity contribution is 9.10. The van der Waals surface area contributed by atoms with E-state index in [1.165, 1.54) is 11.8 Å². The Hall–Kier alpha value is -1.64. The van der Waals surface area contributed by atoms with Crippen molar-refractivity contribution in [1.29, 1.82) is 0 Å². The molecule has 1 aliphatic rings. The molecule has 0 aromatic carbocycles. The van der Waals surface area contributed by atoms with Crippen molar-refractivity contribution in [3.63, 3.8) is 0 Å². The Bertz CT molecular complexity index is 727. The van der Waals surface area contributed by atoms with Crippen LogP contribution in [-0.4, -0.2) is 46.1 Å². The number of fused-ring (bicyclic) bond motifs is 1. The molecule has 124 valence electrons. The summed E-state index contributed by atoms with van der Waals surface area (Å²) >= 11 is 3.37. The highest BCUT2D eigenvalue weighted by Crippen LogP contribution is 2.16. The van der Waals surface area contributed by atoms with Gasteiger partial charge in [-0.3, -0.25) is 18.9 Å². The van der Waals surface area contributed by atoms with E-state index in [9.17, 15) is 4.79 Å². The molecule has 3 rings (SSSR count). The number of pyridine rings is 1. The fourth-order valence-electron chi connectivity index (χ4n) is 2.61. The molecule has 0 bridgehead atoms. The zero-order valence-corrected chi connectivity index (χ0v) is 14.6. The van der Waals surface area contributed by atoms with Crippen LogP contribution >= 0.6 is 15.9 Å². The molecule has 23 heavy (non-hydrogen) atoms. The quantitative estimate of drug-likeness (QED) is 0.817. The van der Waals surface area contributed by atoms with Gasteiger partial charge in [0.15, 0.2) is 0 Å². The minimum atomic E-state index is -0.0459. The second-order valence-electron chi connectivity index (χ2n) is 5.50. The molecule has 8 heteroatoms. The van der Waals surface area contributed by atoms with Crippen molar-refractivity contribution < 1.29 is 4.74 Å². The number of rotatable bonds is 6. The van der Waals surface area contributed by atoms with Crippen molar-refractivity contribution in [2.75, 3.05) is 32.1 Å². The Balaban J connectivity index is 1.63. The molecule has 1 aliphatic heterocycles. The van der Waals surface area contributed by atoms with Crippen LogP contribution < -0.4 is 10.9 Å². The second kappa shape index (κ2) is 7.29. The van der Waals surface area contributed by atoms with Crippen LogP contribution in [0.15, 0.2) is 33.7 Å². The summed E-state index contributed by atoms with van der Waals surface area (Å²) < 4.78 is 9.63. The molecule has 0 atom stereocenters. The van der Waals surface area contributed by atoms with E-state index in [1.807, 2.05) is 10.7 Å². The SMILES string of the molecule is COCCN1CCn2nc(NCn3cc(Br)ccc3=O)cc2C1. The van der Waals surface area contributed by atoms with Crippen LogP contribution in [0.3, 0.4) is 0 Å². The average molecular weight is 382 g/mol. The van der Waals surface area contributed by atoms with E-state index in [0.717, 1.165) is 43.1 Å². The van der Waals surface area contributed by atoms with Gasteiger partial charge < -0.3 is 10.1 Å². The topological polar surface area (TPSA) is 64.3 Å². The van der Waals surface area contributed by atoms with Gasteiger partial charge in [0.1, 0.15) is 5.82 Å². The van der Waals surface area contributed by atoms with E-state index < -0.39 is 0 Å². The van der Waals surface area contributed by atoms with Crippen LogP contribution in [0.1, 0.15) is 5.69 Å². The number of hydrogen-bond acceptors (Lipinski definition) is 5. The maximum Gasteiger partial charge on any atom is 0.252 e. The molecule has 0 saturated heterocycles. The molecule has 1 N–H and O–H groups in total. The summed E-state index contributed by atoms with van der Waals surface area (Å²) in [6.07, 6.45) is 1.76. The Labute approximate surface area is 143 Å². The molecule has 0 fully saturated rings. The Kier molecular flexibility index (Phi) is 5.14. The molecule has 2 aromatic rings. The van der Waals surface area contributed by atoms with Gasteiger partial charge in [-0.1, -0.05) is 0 Å². The van der Waals surface area contributed by atoms with Gasteiger partial charge in [0.05, 0.1) is 25.5 Å². The summed E-state index contributed by atoms with van der Waals surface area (Å²) in [5, 5.41) is 7.76. The maximum absolute atomic E-state index is 11.8. The van der Waals surface area contributed by atoms with E-state index in [1.54, 1.807) is 23.9 Å². The summed E-state index contributed by atoms with van der Waals surface area (Å²) in [7, 11) is 1.72. The molecule has 7 nitrogen and oxygen atoms in total. The third kappa shape index (κ3) is 4.01. The van der Waals surface area contributed by atoms with E-state index in [4.69, 9.17) is 4.74 Å². The summed E-state index contributed by atoms with van der Waals surface area (Å²) in [5.74, 6) is 0.792. The van der Waals surface area contributed by atoms with E-state index >= 15 is 0 Å². The molecule has 0 aliphatic carbocycles. The van der Waals surface area contributed by atoms with Gasteiger partial charge in [-0.15, -0.1) is 0 Å². The average Bonchev–Trinajstić information content (AvgIpc) is 2.95. The highest BCUT2D eigenvalue weighted by Gasteiger charge is 2.17. The smallest absolute Gasteiger partial charge is 0.252 e. The Morgan fingerprint density at radius 1 is 1.39 bits per heavy atom. The number of aromatic nitrogens is 3. The van der Waals surface area contributed by atoms with Gasteiger partial charge >= 0.3 is 0 Å².